The van der Waals surface area contributed by atoms with Gasteiger partial charge < -0.3 is 20.1 Å². The largest absolute Gasteiger partial charge is 0.335 e. The third-order valence-corrected chi connectivity index (χ3v) is 4.52. The molecule has 1 aliphatic heterocycles. The van der Waals surface area contributed by atoms with Crippen LogP contribution in [0.3, 0.4) is 0 Å². The van der Waals surface area contributed by atoms with E-state index in [0.717, 1.165) is 31.5 Å². The summed E-state index contributed by atoms with van der Waals surface area (Å²) >= 11 is 0. The maximum absolute atomic E-state index is 12.6. The van der Waals surface area contributed by atoms with Gasteiger partial charge in [-0.2, -0.15) is 0 Å². The first-order chi connectivity index (χ1) is 12.1. The highest BCUT2D eigenvalue weighted by Crippen LogP contribution is 2.09. The fraction of sp³-hybridized carbons (Fsp3) is 0.368. The van der Waals surface area contributed by atoms with Crippen molar-refractivity contribution in [3.63, 3.8) is 0 Å². The number of nitrogens with one attached hydrogen (secondary N) is 2. The minimum absolute atomic E-state index is 0.159. The molecule has 2 amide bonds. The van der Waals surface area contributed by atoms with Crippen molar-refractivity contribution in [1.29, 1.82) is 0 Å². The van der Waals surface area contributed by atoms with Gasteiger partial charge in [-0.3, -0.25) is 4.79 Å². The average Bonchev–Trinajstić information content (AvgIpc) is 2.61. The van der Waals surface area contributed by atoms with E-state index in [1.165, 1.54) is 0 Å². The molecule has 6 heteroatoms. The van der Waals surface area contributed by atoms with Crippen LogP contribution >= 0.6 is 0 Å². The zero-order chi connectivity index (χ0) is 17.6. The molecule has 1 fully saturated rings. The lowest BCUT2D eigenvalue weighted by Crippen LogP contribution is -2.45. The molecule has 6 nitrogen and oxygen atoms in total. The van der Waals surface area contributed by atoms with Gasteiger partial charge in [0.1, 0.15) is 5.69 Å². The lowest BCUT2D eigenvalue weighted by molar-refractivity contribution is 0.221. The lowest BCUT2D eigenvalue weighted by Gasteiger charge is -2.29. The molecule has 0 aliphatic carbocycles. The van der Waals surface area contributed by atoms with E-state index in [9.17, 15) is 9.59 Å². The monoisotopic (exact) mass is 340 g/mol. The van der Waals surface area contributed by atoms with E-state index in [-0.39, 0.29) is 17.6 Å². The molecule has 1 aromatic carbocycles. The molecule has 2 aromatic rings. The van der Waals surface area contributed by atoms with Gasteiger partial charge in [0.25, 0.3) is 5.56 Å². The normalized spacial score (nSPS) is 15.7. The molecule has 132 valence electrons. The van der Waals surface area contributed by atoms with E-state index in [1.54, 1.807) is 22.9 Å². The van der Waals surface area contributed by atoms with Crippen LogP contribution in [-0.4, -0.2) is 41.7 Å². The number of hydrogen-bond donors (Lipinski definition) is 2. The van der Waals surface area contributed by atoms with Gasteiger partial charge in [-0.15, -0.1) is 0 Å². The van der Waals surface area contributed by atoms with Gasteiger partial charge in [-0.25, -0.2) is 4.79 Å². The Labute approximate surface area is 147 Å². The van der Waals surface area contributed by atoms with Crippen LogP contribution in [0.1, 0.15) is 18.4 Å². The van der Waals surface area contributed by atoms with Crippen molar-refractivity contribution in [2.24, 2.45) is 0 Å². The Balaban J connectivity index is 1.63. The summed E-state index contributed by atoms with van der Waals surface area (Å²) in [6.45, 7) is 2.42. The van der Waals surface area contributed by atoms with Crippen molar-refractivity contribution in [2.75, 3.05) is 25.5 Å². The first kappa shape index (κ1) is 17.2. The van der Waals surface area contributed by atoms with Crippen molar-refractivity contribution in [3.8, 4) is 0 Å². The molecule has 2 heterocycles. The zero-order valence-corrected chi connectivity index (χ0v) is 14.4. The van der Waals surface area contributed by atoms with Gasteiger partial charge >= 0.3 is 6.03 Å². The summed E-state index contributed by atoms with van der Waals surface area (Å²) in [6.07, 6.45) is 3.59. The molecule has 25 heavy (non-hydrogen) atoms. The van der Waals surface area contributed by atoms with Crippen LogP contribution in [0.5, 0.6) is 0 Å². The summed E-state index contributed by atoms with van der Waals surface area (Å²) in [5.74, 6) is 0. The molecule has 1 saturated heterocycles. The third-order valence-electron chi connectivity index (χ3n) is 4.52. The molecule has 0 spiro atoms. The number of urea groups is 1. The summed E-state index contributed by atoms with van der Waals surface area (Å²) < 4.78 is 1.60. The minimum Gasteiger partial charge on any atom is -0.335 e. The number of nitrogens with zero attached hydrogens (tertiary/aromatic N) is 2. The SMILES string of the molecule is CN1CCC(NC(=O)Nc2cccn(Cc3ccccc3)c2=O)CC1. The van der Waals surface area contributed by atoms with Crippen LogP contribution in [0.2, 0.25) is 0 Å². The summed E-state index contributed by atoms with van der Waals surface area (Å²) in [5.41, 5.74) is 1.13. The third kappa shape index (κ3) is 4.70. The van der Waals surface area contributed by atoms with Crippen molar-refractivity contribution in [1.82, 2.24) is 14.8 Å². The predicted molar refractivity (Wildman–Crippen MR) is 98.9 cm³/mol. The van der Waals surface area contributed by atoms with Crippen molar-refractivity contribution >= 4 is 11.7 Å². The summed E-state index contributed by atoms with van der Waals surface area (Å²) in [5, 5.41) is 5.66. The number of amides is 2. The van der Waals surface area contributed by atoms with Crippen LogP contribution in [-0.2, 0) is 6.54 Å². The molecule has 0 unspecified atom stereocenters. The Morgan fingerprint density at radius 3 is 2.56 bits per heavy atom. The number of piperidine rings is 1. The van der Waals surface area contributed by atoms with E-state index in [2.05, 4.69) is 22.6 Å². The first-order valence-electron chi connectivity index (χ1n) is 8.61. The van der Waals surface area contributed by atoms with E-state index in [4.69, 9.17) is 0 Å². The fourth-order valence-corrected chi connectivity index (χ4v) is 3.03. The molecular weight excluding hydrogens is 316 g/mol. The maximum Gasteiger partial charge on any atom is 0.319 e. The number of aromatic nitrogens is 1. The summed E-state index contributed by atoms with van der Waals surface area (Å²) in [4.78, 5) is 27.0. The van der Waals surface area contributed by atoms with Crippen molar-refractivity contribution in [2.45, 2.75) is 25.4 Å². The van der Waals surface area contributed by atoms with Gasteiger partial charge in [-0.1, -0.05) is 30.3 Å². The van der Waals surface area contributed by atoms with Gasteiger partial charge in [0.15, 0.2) is 0 Å². The molecule has 3 rings (SSSR count). The maximum atomic E-state index is 12.6. The molecule has 2 N–H and O–H groups in total. The number of pyridine rings is 1. The molecule has 0 saturated carbocycles. The number of hydrogen-bond acceptors (Lipinski definition) is 3. The fourth-order valence-electron chi connectivity index (χ4n) is 3.03. The second kappa shape index (κ2) is 7.98. The van der Waals surface area contributed by atoms with E-state index in [0.29, 0.717) is 12.2 Å². The second-order valence-electron chi connectivity index (χ2n) is 6.52. The van der Waals surface area contributed by atoms with Crippen LogP contribution in [0.15, 0.2) is 53.5 Å². The Morgan fingerprint density at radius 1 is 1.12 bits per heavy atom. The van der Waals surface area contributed by atoms with Gasteiger partial charge in [0, 0.05) is 12.2 Å². The number of anilines is 1. The van der Waals surface area contributed by atoms with Crippen LogP contribution in [0.25, 0.3) is 0 Å². The topological polar surface area (TPSA) is 66.4 Å². The Morgan fingerprint density at radius 2 is 1.84 bits per heavy atom. The van der Waals surface area contributed by atoms with Crippen molar-refractivity contribution < 1.29 is 4.79 Å². The molecule has 0 bridgehead atoms. The Hall–Kier alpha value is -2.60. The first-order valence-corrected chi connectivity index (χ1v) is 8.61. The Kier molecular flexibility index (Phi) is 5.50. The lowest BCUT2D eigenvalue weighted by atomic mass is 10.1. The number of rotatable bonds is 4. The highest BCUT2D eigenvalue weighted by molar-refractivity contribution is 5.89. The van der Waals surface area contributed by atoms with Crippen LogP contribution in [0, 0.1) is 0 Å². The van der Waals surface area contributed by atoms with Crippen LogP contribution < -0.4 is 16.2 Å². The standard InChI is InChI=1S/C19H24N4O2/c1-22-12-9-16(10-13-22)20-19(25)21-17-8-5-11-23(18(17)24)14-15-6-3-2-4-7-15/h2-8,11,16H,9-10,12-14H2,1H3,(H2,20,21,25). The second-order valence-corrected chi connectivity index (χ2v) is 6.52. The zero-order valence-electron chi connectivity index (χ0n) is 14.4. The minimum atomic E-state index is -0.316. The average molecular weight is 340 g/mol. The van der Waals surface area contributed by atoms with Gasteiger partial charge in [0.05, 0.1) is 6.54 Å². The smallest absolute Gasteiger partial charge is 0.319 e. The van der Waals surface area contributed by atoms with E-state index in [1.807, 2.05) is 30.3 Å². The highest BCUT2D eigenvalue weighted by Gasteiger charge is 2.18. The number of carbonyl (C=O) groups is 1. The summed E-state index contributed by atoms with van der Waals surface area (Å²) in [7, 11) is 2.08. The summed E-state index contributed by atoms with van der Waals surface area (Å²) in [6, 6.07) is 13.0. The molecule has 0 atom stereocenters. The Bertz CT molecular complexity index is 764. The van der Waals surface area contributed by atoms with Crippen LogP contribution in [0.4, 0.5) is 10.5 Å². The predicted octanol–water partition coefficient (Wildman–Crippen LogP) is 2.11. The van der Waals surface area contributed by atoms with Crippen molar-refractivity contribution in [3.05, 3.63) is 64.6 Å². The molecule has 1 aliphatic rings. The van der Waals surface area contributed by atoms with E-state index >= 15 is 0 Å². The molecular formula is C19H24N4O2. The van der Waals surface area contributed by atoms with Gasteiger partial charge in [0.2, 0.25) is 0 Å². The number of carbonyl (C=O) groups excluding carboxylic acids is 1. The highest BCUT2D eigenvalue weighted by atomic mass is 16.2. The van der Waals surface area contributed by atoms with E-state index < -0.39 is 0 Å². The number of benzene rings is 1. The number of likely N-dealkylation sites (tertiary alicyclic amines) is 1. The molecule has 0 radical (unpaired) electrons. The van der Waals surface area contributed by atoms with Gasteiger partial charge in [-0.05, 0) is 50.7 Å². The molecule has 1 aromatic heterocycles. The quantitative estimate of drug-likeness (QED) is 0.896.